The predicted octanol–water partition coefficient (Wildman–Crippen LogP) is 2.51. The Morgan fingerprint density at radius 2 is 1.94 bits per heavy atom. The van der Waals surface area contributed by atoms with E-state index in [1.54, 1.807) is 12.4 Å². The fourth-order valence-corrected chi connectivity index (χ4v) is 2.21. The minimum Gasteiger partial charge on any atom is -0.324 e. The Hall–Kier alpha value is -1.58. The third kappa shape index (κ3) is 2.75. The third-order valence-corrected chi connectivity index (χ3v) is 3.15. The zero-order valence-corrected chi connectivity index (χ0v) is 10.3. The molecule has 4 heteroatoms. The van der Waals surface area contributed by atoms with E-state index in [1.165, 1.54) is 6.42 Å². The summed E-state index contributed by atoms with van der Waals surface area (Å²) in [7, 11) is 0. The summed E-state index contributed by atoms with van der Waals surface area (Å²) in [5, 5.41) is 0. The van der Waals surface area contributed by atoms with E-state index in [1.807, 2.05) is 28.9 Å². The van der Waals surface area contributed by atoms with Gasteiger partial charge in [0.25, 0.3) is 0 Å². The summed E-state index contributed by atoms with van der Waals surface area (Å²) in [6.07, 6.45) is 6.94. The van der Waals surface area contributed by atoms with Crippen LogP contribution in [0.3, 0.4) is 0 Å². The van der Waals surface area contributed by atoms with Crippen LogP contribution in [0.2, 0.25) is 0 Å². The van der Waals surface area contributed by atoms with Crippen molar-refractivity contribution in [2.75, 3.05) is 24.5 Å². The SMILES string of the molecule is CCN(C(=O)N1CCCCC1)c1ccncc1. The van der Waals surface area contributed by atoms with Crippen LogP contribution in [0, 0.1) is 0 Å². The second-order valence-electron chi connectivity index (χ2n) is 4.28. The predicted molar refractivity (Wildman–Crippen MR) is 68.1 cm³/mol. The Morgan fingerprint density at radius 1 is 1.29 bits per heavy atom. The molecule has 2 rings (SSSR count). The molecule has 0 aromatic carbocycles. The molecule has 17 heavy (non-hydrogen) atoms. The molecule has 0 N–H and O–H groups in total. The molecule has 0 radical (unpaired) electrons. The van der Waals surface area contributed by atoms with E-state index in [0.29, 0.717) is 6.54 Å². The van der Waals surface area contributed by atoms with Crippen LogP contribution >= 0.6 is 0 Å². The van der Waals surface area contributed by atoms with Crippen molar-refractivity contribution in [2.24, 2.45) is 0 Å². The number of urea groups is 1. The number of rotatable bonds is 2. The largest absolute Gasteiger partial charge is 0.324 e. The number of carbonyl (C=O) groups is 1. The van der Waals surface area contributed by atoms with Crippen molar-refractivity contribution < 1.29 is 4.79 Å². The maximum absolute atomic E-state index is 12.4. The Labute approximate surface area is 102 Å². The molecule has 0 spiro atoms. The van der Waals surface area contributed by atoms with E-state index in [-0.39, 0.29) is 6.03 Å². The smallest absolute Gasteiger partial charge is 0.324 e. The lowest BCUT2D eigenvalue weighted by atomic mass is 10.1. The van der Waals surface area contributed by atoms with E-state index >= 15 is 0 Å². The van der Waals surface area contributed by atoms with Crippen molar-refractivity contribution in [3.8, 4) is 0 Å². The Kier molecular flexibility index (Phi) is 3.96. The summed E-state index contributed by atoms with van der Waals surface area (Å²) in [5.41, 5.74) is 0.929. The highest BCUT2D eigenvalue weighted by atomic mass is 16.2. The van der Waals surface area contributed by atoms with Gasteiger partial charge in [0, 0.05) is 37.7 Å². The average molecular weight is 233 g/mol. The number of anilines is 1. The first-order valence-corrected chi connectivity index (χ1v) is 6.29. The molecule has 0 aliphatic carbocycles. The number of pyridine rings is 1. The molecule has 1 saturated heterocycles. The number of likely N-dealkylation sites (tertiary alicyclic amines) is 1. The number of carbonyl (C=O) groups excluding carboxylic acids is 1. The Bertz CT molecular complexity index is 360. The second kappa shape index (κ2) is 5.66. The van der Waals surface area contributed by atoms with E-state index in [2.05, 4.69) is 4.98 Å². The minimum atomic E-state index is 0.124. The standard InChI is InChI=1S/C13H19N3O/c1-2-16(12-6-8-14-9-7-12)13(17)15-10-4-3-5-11-15/h6-9H,2-5,10-11H2,1H3. The maximum Gasteiger partial charge on any atom is 0.324 e. The van der Waals surface area contributed by atoms with Gasteiger partial charge in [-0.15, -0.1) is 0 Å². The summed E-state index contributed by atoms with van der Waals surface area (Å²) in [6, 6.07) is 3.88. The van der Waals surface area contributed by atoms with Crippen LogP contribution in [-0.4, -0.2) is 35.5 Å². The molecular formula is C13H19N3O. The van der Waals surface area contributed by atoms with E-state index < -0.39 is 0 Å². The molecular weight excluding hydrogens is 214 g/mol. The summed E-state index contributed by atoms with van der Waals surface area (Å²) in [4.78, 5) is 20.1. The average Bonchev–Trinajstić information content (AvgIpc) is 2.42. The highest BCUT2D eigenvalue weighted by Crippen LogP contribution is 2.17. The van der Waals surface area contributed by atoms with Crippen LogP contribution in [0.4, 0.5) is 10.5 Å². The molecule has 1 fully saturated rings. The van der Waals surface area contributed by atoms with Gasteiger partial charge >= 0.3 is 6.03 Å². The fourth-order valence-electron chi connectivity index (χ4n) is 2.21. The van der Waals surface area contributed by atoms with E-state index in [0.717, 1.165) is 31.6 Å². The van der Waals surface area contributed by atoms with Crippen LogP contribution in [0.25, 0.3) is 0 Å². The molecule has 0 saturated carbocycles. The molecule has 2 heterocycles. The van der Waals surface area contributed by atoms with E-state index in [4.69, 9.17) is 0 Å². The number of nitrogens with zero attached hydrogens (tertiary/aromatic N) is 3. The molecule has 2 amide bonds. The lowest BCUT2D eigenvalue weighted by molar-refractivity contribution is 0.193. The molecule has 1 aliphatic rings. The number of hydrogen-bond donors (Lipinski definition) is 0. The lowest BCUT2D eigenvalue weighted by Gasteiger charge is -2.32. The van der Waals surface area contributed by atoms with Crippen LogP contribution < -0.4 is 4.90 Å². The van der Waals surface area contributed by atoms with Crippen molar-refractivity contribution in [3.63, 3.8) is 0 Å². The summed E-state index contributed by atoms with van der Waals surface area (Å²) < 4.78 is 0. The molecule has 92 valence electrons. The third-order valence-electron chi connectivity index (χ3n) is 3.15. The monoisotopic (exact) mass is 233 g/mol. The van der Waals surface area contributed by atoms with Crippen molar-refractivity contribution in [3.05, 3.63) is 24.5 Å². The van der Waals surface area contributed by atoms with Gasteiger partial charge in [0.05, 0.1) is 0 Å². The van der Waals surface area contributed by atoms with Gasteiger partial charge in [0.2, 0.25) is 0 Å². The Morgan fingerprint density at radius 3 is 2.53 bits per heavy atom. The fraction of sp³-hybridized carbons (Fsp3) is 0.538. The van der Waals surface area contributed by atoms with Gasteiger partial charge in [-0.25, -0.2) is 4.79 Å². The number of aromatic nitrogens is 1. The van der Waals surface area contributed by atoms with E-state index in [9.17, 15) is 4.79 Å². The molecule has 4 nitrogen and oxygen atoms in total. The molecule has 1 aromatic rings. The van der Waals surface area contributed by atoms with Crippen LogP contribution in [-0.2, 0) is 0 Å². The highest BCUT2D eigenvalue weighted by Gasteiger charge is 2.22. The highest BCUT2D eigenvalue weighted by molar-refractivity contribution is 5.91. The van der Waals surface area contributed by atoms with Crippen LogP contribution in [0.5, 0.6) is 0 Å². The first-order chi connectivity index (χ1) is 8.33. The zero-order valence-electron chi connectivity index (χ0n) is 10.3. The molecule has 1 aromatic heterocycles. The summed E-state index contributed by atoms with van der Waals surface area (Å²) >= 11 is 0. The number of amides is 2. The first-order valence-electron chi connectivity index (χ1n) is 6.29. The topological polar surface area (TPSA) is 36.4 Å². The van der Waals surface area contributed by atoms with Gasteiger partial charge in [0.15, 0.2) is 0 Å². The number of piperidine rings is 1. The summed E-state index contributed by atoms with van der Waals surface area (Å²) in [5.74, 6) is 0. The van der Waals surface area contributed by atoms with Crippen molar-refractivity contribution in [1.29, 1.82) is 0 Å². The van der Waals surface area contributed by atoms with Gasteiger partial charge in [0.1, 0.15) is 0 Å². The van der Waals surface area contributed by atoms with Crippen molar-refractivity contribution in [2.45, 2.75) is 26.2 Å². The normalized spacial score (nSPS) is 15.7. The minimum absolute atomic E-state index is 0.124. The number of hydrogen-bond acceptors (Lipinski definition) is 2. The van der Waals surface area contributed by atoms with Crippen LogP contribution in [0.15, 0.2) is 24.5 Å². The molecule has 0 unspecified atom stereocenters. The molecule has 0 atom stereocenters. The first kappa shape index (κ1) is 11.9. The van der Waals surface area contributed by atoms with Gasteiger partial charge in [-0.2, -0.15) is 0 Å². The van der Waals surface area contributed by atoms with Crippen LogP contribution in [0.1, 0.15) is 26.2 Å². The molecule has 0 bridgehead atoms. The van der Waals surface area contributed by atoms with Gasteiger partial charge in [-0.05, 0) is 38.3 Å². The molecule has 1 aliphatic heterocycles. The lowest BCUT2D eigenvalue weighted by Crippen LogP contribution is -2.45. The zero-order chi connectivity index (χ0) is 12.1. The Balaban J connectivity index is 2.10. The maximum atomic E-state index is 12.4. The second-order valence-corrected chi connectivity index (χ2v) is 4.28. The van der Waals surface area contributed by atoms with Crippen molar-refractivity contribution in [1.82, 2.24) is 9.88 Å². The van der Waals surface area contributed by atoms with Gasteiger partial charge in [-0.3, -0.25) is 9.88 Å². The van der Waals surface area contributed by atoms with Gasteiger partial charge in [-0.1, -0.05) is 0 Å². The van der Waals surface area contributed by atoms with Crippen molar-refractivity contribution >= 4 is 11.7 Å². The summed E-state index contributed by atoms with van der Waals surface area (Å²) in [6.45, 7) is 4.47. The quantitative estimate of drug-likeness (QED) is 0.787. The van der Waals surface area contributed by atoms with Gasteiger partial charge < -0.3 is 4.90 Å².